The maximum atomic E-state index is 4.76. The van der Waals surface area contributed by atoms with Crippen molar-refractivity contribution in [1.29, 1.82) is 0 Å². The molecule has 4 nitrogen and oxygen atoms in total. The van der Waals surface area contributed by atoms with Gasteiger partial charge >= 0.3 is 0 Å². The van der Waals surface area contributed by atoms with Gasteiger partial charge in [0.1, 0.15) is 16.2 Å². The third kappa shape index (κ3) is 2.98. The first-order valence-electron chi connectivity index (χ1n) is 7.67. The minimum Gasteiger partial charge on any atom is -0.354 e. The van der Waals surface area contributed by atoms with Crippen molar-refractivity contribution < 1.29 is 0 Å². The van der Waals surface area contributed by atoms with E-state index in [4.69, 9.17) is 4.98 Å². The zero-order chi connectivity index (χ0) is 14.1. The molecule has 2 aliphatic rings. The van der Waals surface area contributed by atoms with Gasteiger partial charge in [-0.05, 0) is 35.3 Å². The van der Waals surface area contributed by atoms with Crippen LogP contribution in [0, 0.1) is 0 Å². The average molecular weight is 339 g/mol. The van der Waals surface area contributed by atoms with Crippen LogP contribution in [0.5, 0.6) is 0 Å². The Balaban J connectivity index is 1.79. The summed E-state index contributed by atoms with van der Waals surface area (Å²) in [5.74, 6) is 2.38. The molecular formula is C15H23BrN4. The lowest BCUT2D eigenvalue weighted by molar-refractivity contribution is 0.133. The van der Waals surface area contributed by atoms with E-state index in [1.807, 2.05) is 0 Å². The first-order valence-corrected chi connectivity index (χ1v) is 8.46. The van der Waals surface area contributed by atoms with Crippen molar-refractivity contribution in [2.45, 2.75) is 45.1 Å². The van der Waals surface area contributed by atoms with Gasteiger partial charge in [0.15, 0.2) is 0 Å². The summed E-state index contributed by atoms with van der Waals surface area (Å²) in [6.07, 6.45) is 4.08. The molecule has 1 atom stereocenters. The summed E-state index contributed by atoms with van der Waals surface area (Å²) in [4.78, 5) is 14.3. The molecule has 1 aromatic rings. The minimum absolute atomic E-state index is 0.363. The molecule has 1 aromatic heterocycles. The Hall–Kier alpha value is -0.680. The third-order valence-corrected chi connectivity index (χ3v) is 4.78. The van der Waals surface area contributed by atoms with Crippen LogP contribution in [0.15, 0.2) is 10.7 Å². The van der Waals surface area contributed by atoms with Crippen LogP contribution in [-0.2, 0) is 0 Å². The smallest absolute Gasteiger partial charge is 0.134 e. The van der Waals surface area contributed by atoms with Gasteiger partial charge < -0.3 is 4.90 Å². The van der Waals surface area contributed by atoms with Crippen LogP contribution in [0.2, 0.25) is 0 Å². The second kappa shape index (κ2) is 5.98. The molecule has 0 radical (unpaired) electrons. The van der Waals surface area contributed by atoms with E-state index >= 15 is 0 Å². The van der Waals surface area contributed by atoms with Crippen LogP contribution in [0.25, 0.3) is 0 Å². The Labute approximate surface area is 129 Å². The number of halogens is 1. The highest BCUT2D eigenvalue weighted by atomic mass is 79.9. The number of hydrogen-bond donors (Lipinski definition) is 0. The van der Waals surface area contributed by atoms with Gasteiger partial charge in [-0.25, -0.2) is 9.97 Å². The molecule has 110 valence electrons. The fraction of sp³-hybridized carbons (Fsp3) is 0.733. The first kappa shape index (κ1) is 14.3. The van der Waals surface area contributed by atoms with Gasteiger partial charge in [-0.1, -0.05) is 20.3 Å². The molecule has 3 heterocycles. The molecule has 0 saturated carbocycles. The Morgan fingerprint density at radius 1 is 1.20 bits per heavy atom. The number of nitrogens with zero attached hydrogens (tertiary/aromatic N) is 4. The summed E-state index contributed by atoms with van der Waals surface area (Å²) in [6, 6.07) is 2.78. The normalized spacial score (nSPS) is 24.0. The molecule has 0 N–H and O–H groups in total. The lowest BCUT2D eigenvalue weighted by Gasteiger charge is -2.44. The van der Waals surface area contributed by atoms with Crippen LogP contribution in [0.4, 0.5) is 5.82 Å². The number of hydrogen-bond acceptors (Lipinski definition) is 4. The third-order valence-electron chi connectivity index (χ3n) is 4.38. The molecule has 5 heteroatoms. The Bertz CT molecular complexity index is 477. The average Bonchev–Trinajstić information content (AvgIpc) is 2.46. The molecular weight excluding hydrogens is 316 g/mol. The molecule has 1 unspecified atom stereocenters. The van der Waals surface area contributed by atoms with E-state index in [-0.39, 0.29) is 0 Å². The largest absolute Gasteiger partial charge is 0.354 e. The summed E-state index contributed by atoms with van der Waals surface area (Å²) in [6.45, 7) is 8.93. The molecule has 2 saturated heterocycles. The predicted molar refractivity (Wildman–Crippen MR) is 85.2 cm³/mol. The highest BCUT2D eigenvalue weighted by Crippen LogP contribution is 2.26. The van der Waals surface area contributed by atoms with E-state index < -0.39 is 0 Å². The lowest BCUT2D eigenvalue weighted by atomic mass is 9.99. The second-order valence-corrected chi connectivity index (χ2v) is 7.01. The van der Waals surface area contributed by atoms with Gasteiger partial charge in [0.2, 0.25) is 0 Å². The van der Waals surface area contributed by atoms with E-state index in [2.05, 4.69) is 50.6 Å². The molecule has 3 rings (SSSR count). The van der Waals surface area contributed by atoms with Crippen molar-refractivity contribution in [2.24, 2.45) is 0 Å². The number of piperidine rings is 1. The number of aromatic nitrogens is 2. The summed E-state index contributed by atoms with van der Waals surface area (Å²) < 4.78 is 0.900. The number of fused-ring (bicyclic) bond motifs is 1. The van der Waals surface area contributed by atoms with Crippen LogP contribution in [0.3, 0.4) is 0 Å². The maximum Gasteiger partial charge on any atom is 0.134 e. The van der Waals surface area contributed by atoms with Gasteiger partial charge in [0.05, 0.1) is 0 Å². The van der Waals surface area contributed by atoms with Crippen LogP contribution < -0.4 is 4.90 Å². The van der Waals surface area contributed by atoms with Crippen molar-refractivity contribution >= 4 is 21.7 Å². The summed E-state index contributed by atoms with van der Waals surface area (Å²) >= 11 is 3.53. The lowest BCUT2D eigenvalue weighted by Crippen LogP contribution is -2.55. The Morgan fingerprint density at radius 2 is 2.05 bits per heavy atom. The van der Waals surface area contributed by atoms with Crippen LogP contribution >= 0.6 is 15.9 Å². The van der Waals surface area contributed by atoms with Gasteiger partial charge in [-0.15, -0.1) is 0 Å². The highest BCUT2D eigenvalue weighted by molar-refractivity contribution is 9.10. The van der Waals surface area contributed by atoms with E-state index in [1.165, 1.54) is 32.4 Å². The number of rotatable bonds is 2. The fourth-order valence-corrected chi connectivity index (χ4v) is 3.59. The first-order chi connectivity index (χ1) is 9.63. The molecule has 0 aliphatic carbocycles. The van der Waals surface area contributed by atoms with Crippen molar-refractivity contribution in [2.75, 3.05) is 31.1 Å². The Kier molecular flexibility index (Phi) is 4.26. The van der Waals surface area contributed by atoms with Gasteiger partial charge in [-0.3, -0.25) is 4.90 Å². The van der Waals surface area contributed by atoms with Crippen molar-refractivity contribution in [3.8, 4) is 0 Å². The SMILES string of the molecule is CC(C)c1nc(Br)cc(N2CCN3CCCCC3C2)n1. The zero-order valence-corrected chi connectivity index (χ0v) is 13.9. The summed E-state index contributed by atoms with van der Waals surface area (Å²) in [5.41, 5.74) is 0. The molecule has 0 spiro atoms. The summed E-state index contributed by atoms with van der Waals surface area (Å²) in [7, 11) is 0. The van der Waals surface area contributed by atoms with Crippen molar-refractivity contribution in [1.82, 2.24) is 14.9 Å². The number of anilines is 1. The van der Waals surface area contributed by atoms with E-state index in [9.17, 15) is 0 Å². The molecule has 0 bridgehead atoms. The van der Waals surface area contributed by atoms with E-state index in [0.29, 0.717) is 12.0 Å². The van der Waals surface area contributed by atoms with Crippen molar-refractivity contribution in [3.05, 3.63) is 16.5 Å². The zero-order valence-electron chi connectivity index (χ0n) is 12.3. The maximum absolute atomic E-state index is 4.76. The predicted octanol–water partition coefficient (Wildman–Crippen LogP) is 3.04. The van der Waals surface area contributed by atoms with Crippen molar-refractivity contribution in [3.63, 3.8) is 0 Å². The molecule has 0 amide bonds. The molecule has 2 aliphatic heterocycles. The van der Waals surface area contributed by atoms with Gasteiger partial charge in [0.25, 0.3) is 0 Å². The summed E-state index contributed by atoms with van der Waals surface area (Å²) in [5, 5.41) is 0. The monoisotopic (exact) mass is 338 g/mol. The molecule has 0 aromatic carbocycles. The second-order valence-electron chi connectivity index (χ2n) is 6.19. The van der Waals surface area contributed by atoms with Gasteiger partial charge in [-0.2, -0.15) is 0 Å². The molecule has 20 heavy (non-hydrogen) atoms. The van der Waals surface area contributed by atoms with E-state index in [1.54, 1.807) is 0 Å². The fourth-order valence-electron chi connectivity index (χ4n) is 3.21. The van der Waals surface area contributed by atoms with Gasteiger partial charge in [0, 0.05) is 37.7 Å². The highest BCUT2D eigenvalue weighted by Gasteiger charge is 2.29. The standard InChI is InChI=1S/C15H23BrN4/c1-11(2)15-17-13(16)9-14(18-15)20-8-7-19-6-4-3-5-12(19)10-20/h9,11-12H,3-8,10H2,1-2H3. The number of piperazine rings is 1. The van der Waals surface area contributed by atoms with Crippen LogP contribution in [-0.4, -0.2) is 47.1 Å². The molecule has 2 fully saturated rings. The van der Waals surface area contributed by atoms with Crippen LogP contribution in [0.1, 0.15) is 44.9 Å². The van der Waals surface area contributed by atoms with E-state index in [0.717, 1.165) is 29.3 Å². The Morgan fingerprint density at radius 3 is 2.85 bits per heavy atom. The quantitative estimate of drug-likeness (QED) is 0.776. The minimum atomic E-state index is 0.363. The topological polar surface area (TPSA) is 32.3 Å².